The highest BCUT2D eigenvalue weighted by atomic mass is 32.2. The highest BCUT2D eigenvalue weighted by molar-refractivity contribution is 7.90. The Labute approximate surface area is 146 Å². The Morgan fingerprint density at radius 2 is 1.76 bits per heavy atom. The lowest BCUT2D eigenvalue weighted by Gasteiger charge is -2.32. The third-order valence-corrected chi connectivity index (χ3v) is 5.51. The van der Waals surface area contributed by atoms with Crippen molar-refractivity contribution in [3.05, 3.63) is 12.1 Å². The second-order valence-corrected chi connectivity index (χ2v) is 7.10. The van der Waals surface area contributed by atoms with Crippen LogP contribution in [0.2, 0.25) is 0 Å². The summed E-state index contributed by atoms with van der Waals surface area (Å²) in [5.74, 6) is -0.259. The number of nitrogens with zero attached hydrogens (tertiary/aromatic N) is 1. The monoisotopic (exact) mass is 374 g/mol. The second kappa shape index (κ2) is 7.79. The van der Waals surface area contributed by atoms with E-state index in [-0.39, 0.29) is 30.2 Å². The van der Waals surface area contributed by atoms with E-state index in [2.05, 4.69) is 4.72 Å². The lowest BCUT2D eigenvalue weighted by Crippen LogP contribution is -2.49. The van der Waals surface area contributed by atoms with Crippen LogP contribution in [0.1, 0.15) is 19.3 Å². The van der Waals surface area contributed by atoms with E-state index < -0.39 is 22.2 Å². The van der Waals surface area contributed by atoms with E-state index in [0.717, 1.165) is 4.31 Å². The van der Waals surface area contributed by atoms with E-state index in [1.165, 1.54) is 33.5 Å². The number of ether oxygens (including phenoxy) is 3. The number of carboxylic acid groups (broad SMARTS) is 1. The first-order valence-electron chi connectivity index (χ1n) is 7.66. The fourth-order valence-corrected chi connectivity index (χ4v) is 4.22. The Morgan fingerprint density at radius 1 is 1.16 bits per heavy atom. The van der Waals surface area contributed by atoms with Crippen LogP contribution in [0.15, 0.2) is 12.1 Å². The molecule has 0 radical (unpaired) electrons. The summed E-state index contributed by atoms with van der Waals surface area (Å²) < 4.78 is 44.3. The zero-order chi connectivity index (χ0) is 18.6. The molecule has 2 rings (SSSR count). The van der Waals surface area contributed by atoms with Crippen molar-refractivity contribution < 1.29 is 32.5 Å². The zero-order valence-electron chi connectivity index (χ0n) is 14.3. The molecule has 1 aliphatic rings. The molecule has 0 spiro atoms. The van der Waals surface area contributed by atoms with Gasteiger partial charge in [-0.25, -0.2) is 0 Å². The van der Waals surface area contributed by atoms with Gasteiger partial charge in [-0.15, -0.1) is 0 Å². The molecule has 1 aromatic rings. The summed E-state index contributed by atoms with van der Waals surface area (Å²) in [6.45, 7) is 0.150. The molecule has 1 fully saturated rings. The molecule has 0 saturated carbocycles. The molecule has 2 N–H and O–H groups in total. The van der Waals surface area contributed by atoms with E-state index in [0.29, 0.717) is 18.6 Å². The number of nitrogens with one attached hydrogen (secondary N) is 1. The SMILES string of the molecule is COc1cc(NS(=O)(=O)N2CCCCC2C(=O)O)cc(OC)c1OC. The maximum absolute atomic E-state index is 12.7. The molecule has 1 atom stereocenters. The predicted octanol–water partition coefficient (Wildman–Crippen LogP) is 1.31. The zero-order valence-corrected chi connectivity index (χ0v) is 15.1. The molecule has 0 bridgehead atoms. The summed E-state index contributed by atoms with van der Waals surface area (Å²) >= 11 is 0. The number of hydrogen-bond acceptors (Lipinski definition) is 6. The van der Waals surface area contributed by atoms with Gasteiger partial charge in [0.25, 0.3) is 0 Å². The van der Waals surface area contributed by atoms with Crippen molar-refractivity contribution in [1.29, 1.82) is 0 Å². The third-order valence-electron chi connectivity index (χ3n) is 3.96. The number of hydrogen-bond donors (Lipinski definition) is 2. The van der Waals surface area contributed by atoms with Crippen LogP contribution in [0.3, 0.4) is 0 Å². The Balaban J connectivity index is 2.35. The van der Waals surface area contributed by atoms with Gasteiger partial charge in [-0.1, -0.05) is 0 Å². The lowest BCUT2D eigenvalue weighted by atomic mass is 10.1. The number of carbonyl (C=O) groups is 1. The van der Waals surface area contributed by atoms with Gasteiger partial charge in [-0.2, -0.15) is 12.7 Å². The first-order valence-corrected chi connectivity index (χ1v) is 9.10. The maximum Gasteiger partial charge on any atom is 0.322 e. The van der Waals surface area contributed by atoms with Crippen molar-refractivity contribution in [3.8, 4) is 17.2 Å². The standard InChI is InChI=1S/C15H22N2O7S/c1-22-12-8-10(9-13(23-2)14(12)24-3)16-25(20,21)17-7-5-4-6-11(17)15(18)19/h8-9,11,16H,4-7H2,1-3H3,(H,18,19). The van der Waals surface area contributed by atoms with E-state index in [1.807, 2.05) is 0 Å². The molecule has 1 unspecified atom stereocenters. The Kier molecular flexibility index (Phi) is 5.96. The van der Waals surface area contributed by atoms with Crippen LogP contribution in [0.25, 0.3) is 0 Å². The fraction of sp³-hybridized carbons (Fsp3) is 0.533. The van der Waals surface area contributed by atoms with Crippen molar-refractivity contribution in [2.24, 2.45) is 0 Å². The van der Waals surface area contributed by atoms with Crippen molar-refractivity contribution >= 4 is 21.9 Å². The van der Waals surface area contributed by atoms with Crippen LogP contribution in [0.5, 0.6) is 17.2 Å². The largest absolute Gasteiger partial charge is 0.493 e. The van der Waals surface area contributed by atoms with Crippen LogP contribution in [-0.2, 0) is 15.0 Å². The number of piperidine rings is 1. The fourth-order valence-electron chi connectivity index (χ4n) is 2.79. The summed E-state index contributed by atoms with van der Waals surface area (Å²) in [4.78, 5) is 11.4. The first kappa shape index (κ1) is 19.1. The summed E-state index contributed by atoms with van der Waals surface area (Å²) in [5.41, 5.74) is 0.184. The minimum absolute atomic E-state index is 0.150. The number of aliphatic carboxylic acids is 1. The number of anilines is 1. The summed E-state index contributed by atoms with van der Waals surface area (Å²) in [6.07, 6.45) is 1.57. The number of benzene rings is 1. The number of rotatable bonds is 7. The molecular formula is C15H22N2O7S. The molecule has 1 saturated heterocycles. The van der Waals surface area contributed by atoms with Gasteiger partial charge < -0.3 is 19.3 Å². The maximum atomic E-state index is 12.7. The van der Waals surface area contributed by atoms with Crippen molar-refractivity contribution in [1.82, 2.24) is 4.31 Å². The lowest BCUT2D eigenvalue weighted by molar-refractivity contribution is -0.142. The molecule has 140 valence electrons. The topological polar surface area (TPSA) is 114 Å². The van der Waals surface area contributed by atoms with Crippen LogP contribution >= 0.6 is 0 Å². The van der Waals surface area contributed by atoms with E-state index in [9.17, 15) is 18.3 Å². The highest BCUT2D eigenvalue weighted by Crippen LogP contribution is 2.40. The van der Waals surface area contributed by atoms with Crippen LogP contribution < -0.4 is 18.9 Å². The smallest absolute Gasteiger partial charge is 0.322 e. The molecule has 0 amide bonds. The van der Waals surface area contributed by atoms with Gasteiger partial charge in [0.05, 0.1) is 27.0 Å². The molecule has 25 heavy (non-hydrogen) atoms. The Hall–Kier alpha value is -2.20. The predicted molar refractivity (Wildman–Crippen MR) is 90.6 cm³/mol. The van der Waals surface area contributed by atoms with Crippen LogP contribution in [0, 0.1) is 0 Å². The van der Waals surface area contributed by atoms with Gasteiger partial charge in [0.15, 0.2) is 11.5 Å². The van der Waals surface area contributed by atoms with Gasteiger partial charge in [0.2, 0.25) is 5.75 Å². The molecule has 0 aliphatic carbocycles. The Morgan fingerprint density at radius 3 is 2.24 bits per heavy atom. The molecule has 9 nitrogen and oxygen atoms in total. The van der Waals surface area contributed by atoms with Gasteiger partial charge in [-0.3, -0.25) is 9.52 Å². The minimum atomic E-state index is -4.05. The molecule has 1 heterocycles. The number of methoxy groups -OCH3 is 3. The summed E-state index contributed by atoms with van der Waals surface area (Å²) in [5, 5.41) is 9.28. The van der Waals surface area contributed by atoms with E-state index in [4.69, 9.17) is 14.2 Å². The average Bonchev–Trinajstić information content (AvgIpc) is 2.60. The van der Waals surface area contributed by atoms with Gasteiger partial charge in [-0.05, 0) is 19.3 Å². The molecule has 1 aliphatic heterocycles. The quantitative estimate of drug-likeness (QED) is 0.739. The normalized spacial score (nSPS) is 18.4. The average molecular weight is 374 g/mol. The van der Waals surface area contributed by atoms with Crippen molar-refractivity contribution in [3.63, 3.8) is 0 Å². The van der Waals surface area contributed by atoms with Crippen molar-refractivity contribution in [2.75, 3.05) is 32.6 Å². The summed E-state index contributed by atoms with van der Waals surface area (Å²) in [7, 11) is 0.225. The van der Waals surface area contributed by atoms with Gasteiger partial charge in [0, 0.05) is 18.7 Å². The second-order valence-electron chi connectivity index (χ2n) is 5.48. The van der Waals surface area contributed by atoms with Crippen molar-refractivity contribution in [2.45, 2.75) is 25.3 Å². The highest BCUT2D eigenvalue weighted by Gasteiger charge is 2.37. The van der Waals surface area contributed by atoms with Crippen LogP contribution in [-0.4, -0.2) is 57.7 Å². The minimum Gasteiger partial charge on any atom is -0.493 e. The van der Waals surface area contributed by atoms with E-state index in [1.54, 1.807) is 0 Å². The Bertz CT molecular complexity index is 710. The molecule has 1 aromatic carbocycles. The molecular weight excluding hydrogens is 352 g/mol. The van der Waals surface area contributed by atoms with Crippen LogP contribution in [0.4, 0.5) is 5.69 Å². The van der Waals surface area contributed by atoms with Gasteiger partial charge in [0.1, 0.15) is 6.04 Å². The molecule has 0 aromatic heterocycles. The van der Waals surface area contributed by atoms with E-state index >= 15 is 0 Å². The molecule has 10 heteroatoms. The number of carboxylic acids is 1. The first-order chi connectivity index (χ1) is 11.8. The third kappa shape index (κ3) is 4.07. The summed E-state index contributed by atoms with van der Waals surface area (Å²) in [6, 6.07) is 1.81. The van der Waals surface area contributed by atoms with Gasteiger partial charge >= 0.3 is 16.2 Å².